The van der Waals surface area contributed by atoms with E-state index in [-0.39, 0.29) is 5.75 Å². The number of aliphatic hydroxyl groups is 1. The molecule has 37 heavy (non-hydrogen) atoms. The van der Waals surface area contributed by atoms with Crippen LogP contribution in [0.3, 0.4) is 0 Å². The van der Waals surface area contributed by atoms with Crippen LogP contribution in [0.4, 0.5) is 24.5 Å². The summed E-state index contributed by atoms with van der Waals surface area (Å²) >= 11 is 0. The molecular formula is C21H21F3N2O10S. The minimum Gasteiger partial charge on any atom is -0.482 e. The summed E-state index contributed by atoms with van der Waals surface area (Å²) in [5.74, 6) is -3.38. The van der Waals surface area contributed by atoms with Crippen LogP contribution in [0.25, 0.3) is 0 Å². The zero-order chi connectivity index (χ0) is 27.8. The normalized spacial score (nSPS) is 26.6. The molecule has 16 heteroatoms. The van der Waals surface area contributed by atoms with Crippen LogP contribution < -0.4 is 14.4 Å². The van der Waals surface area contributed by atoms with Crippen molar-refractivity contribution in [1.29, 1.82) is 0 Å². The van der Waals surface area contributed by atoms with Crippen LogP contribution >= 0.6 is 0 Å². The largest absolute Gasteiger partial charge is 0.482 e. The number of nitrogens with zero attached hydrogens (tertiary/aromatic N) is 2. The first-order valence-corrected chi connectivity index (χ1v) is 11.9. The maximum Gasteiger partial charge on any atom is 0.416 e. The molecule has 202 valence electrons. The summed E-state index contributed by atoms with van der Waals surface area (Å²) in [7, 11) is -3.35. The summed E-state index contributed by atoms with van der Waals surface area (Å²) in [6, 6.07) is 5.05. The molecule has 0 spiro atoms. The molecule has 0 aliphatic carbocycles. The van der Waals surface area contributed by atoms with Gasteiger partial charge in [-0.2, -0.15) is 21.6 Å². The maximum atomic E-state index is 13.6. The molecule has 0 fully saturated rings. The predicted molar refractivity (Wildman–Crippen MR) is 118 cm³/mol. The predicted octanol–water partition coefficient (Wildman–Crippen LogP) is 2.99. The second kappa shape index (κ2) is 8.16. The Morgan fingerprint density at radius 3 is 2.24 bits per heavy atom. The average Bonchev–Trinajstić information content (AvgIpc) is 3.19. The van der Waals surface area contributed by atoms with Gasteiger partial charge in [0.05, 0.1) is 21.7 Å². The zero-order valence-electron chi connectivity index (χ0n) is 19.6. The van der Waals surface area contributed by atoms with E-state index in [1.807, 2.05) is 0 Å². The number of non-ortho nitro benzene ring substituents is 1. The van der Waals surface area contributed by atoms with Crippen LogP contribution in [0.15, 0.2) is 36.4 Å². The van der Waals surface area contributed by atoms with Crippen LogP contribution in [-0.2, 0) is 31.5 Å². The van der Waals surface area contributed by atoms with Gasteiger partial charge < -0.3 is 24.1 Å². The smallest absolute Gasteiger partial charge is 0.416 e. The zero-order valence-corrected chi connectivity index (χ0v) is 20.5. The minimum absolute atomic E-state index is 0.159. The van der Waals surface area contributed by atoms with Crippen molar-refractivity contribution in [3.05, 3.63) is 57.6 Å². The van der Waals surface area contributed by atoms with Crippen molar-refractivity contribution in [2.45, 2.75) is 42.7 Å². The highest BCUT2D eigenvalue weighted by Gasteiger charge is 2.73. The number of nitro benzene ring substituents is 1. The van der Waals surface area contributed by atoms with Gasteiger partial charge in [-0.25, -0.2) is 0 Å². The van der Waals surface area contributed by atoms with E-state index in [9.17, 15) is 41.4 Å². The highest BCUT2D eigenvalue weighted by atomic mass is 32.2. The van der Waals surface area contributed by atoms with Gasteiger partial charge >= 0.3 is 21.9 Å². The van der Waals surface area contributed by atoms with Crippen molar-refractivity contribution in [3.8, 4) is 11.5 Å². The van der Waals surface area contributed by atoms with Gasteiger partial charge in [0, 0.05) is 26.4 Å². The number of rotatable bonds is 5. The van der Waals surface area contributed by atoms with Gasteiger partial charge in [-0.05, 0) is 38.1 Å². The molecule has 0 saturated heterocycles. The molecule has 2 aromatic carbocycles. The van der Waals surface area contributed by atoms with E-state index < -0.39 is 72.1 Å². The highest BCUT2D eigenvalue weighted by molar-refractivity contribution is 7.86. The summed E-state index contributed by atoms with van der Waals surface area (Å²) < 4.78 is 98.2. The standard InChI is InChI=1S/C21H21F3N2O10S/c1-18(2)21(27,34-4)19(33-3,13-10-12(26(28)29)6-8-15(13)36-18)25-14-9-11(20(22,23)24)5-7-16(14)35-17(25)37(30,31)32/h5-10,17,27H,1-4H3,(H,30,31,32). The molecule has 0 aromatic heterocycles. The van der Waals surface area contributed by atoms with Crippen molar-refractivity contribution in [1.82, 2.24) is 0 Å². The van der Waals surface area contributed by atoms with Gasteiger partial charge in [-0.1, -0.05) is 0 Å². The van der Waals surface area contributed by atoms with Crippen molar-refractivity contribution >= 4 is 21.5 Å². The quantitative estimate of drug-likeness (QED) is 0.244. The number of benzene rings is 2. The Kier molecular flexibility index (Phi) is 5.93. The van der Waals surface area contributed by atoms with Gasteiger partial charge in [-0.15, -0.1) is 0 Å². The Morgan fingerprint density at radius 2 is 1.73 bits per heavy atom. The Morgan fingerprint density at radius 1 is 1.11 bits per heavy atom. The Hall–Kier alpha value is -3.18. The summed E-state index contributed by atoms with van der Waals surface area (Å²) in [4.78, 5) is 11.3. The lowest BCUT2D eigenvalue weighted by atomic mass is 9.78. The molecule has 0 radical (unpaired) electrons. The number of anilines is 1. The van der Waals surface area contributed by atoms with Crippen LogP contribution in [0.1, 0.15) is 25.0 Å². The molecule has 12 nitrogen and oxygen atoms in total. The number of halogens is 3. The summed E-state index contributed by atoms with van der Waals surface area (Å²) in [5, 5.41) is 23.5. The SMILES string of the molecule is COC1(N2c3cc(C(F)(F)F)ccc3OC2S(=O)(=O)O)c2cc([N+](=O)[O-])ccc2OC(C)(C)C1(O)OC. The van der Waals surface area contributed by atoms with E-state index in [1.165, 1.54) is 13.8 Å². The average molecular weight is 550 g/mol. The van der Waals surface area contributed by atoms with E-state index in [2.05, 4.69) is 0 Å². The van der Waals surface area contributed by atoms with Gasteiger partial charge in [-0.3, -0.25) is 19.6 Å². The second-order valence-corrected chi connectivity index (χ2v) is 10.2. The van der Waals surface area contributed by atoms with E-state index >= 15 is 0 Å². The first kappa shape index (κ1) is 26.9. The van der Waals surface area contributed by atoms with Gasteiger partial charge in [0.15, 0.2) is 5.60 Å². The maximum absolute atomic E-state index is 13.6. The molecule has 2 N–H and O–H groups in total. The lowest BCUT2D eigenvalue weighted by molar-refractivity contribution is -0.386. The van der Waals surface area contributed by atoms with Gasteiger partial charge in [0.1, 0.15) is 11.5 Å². The fourth-order valence-electron chi connectivity index (χ4n) is 4.71. The Balaban J connectivity index is 2.18. The molecule has 3 unspecified atom stereocenters. The second-order valence-electron chi connectivity index (χ2n) is 8.74. The number of hydrogen-bond donors (Lipinski definition) is 2. The number of fused-ring (bicyclic) bond motifs is 2. The Labute approximate surface area is 208 Å². The monoisotopic (exact) mass is 550 g/mol. The molecule has 2 aliphatic rings. The van der Waals surface area contributed by atoms with Crippen molar-refractivity contribution in [2.75, 3.05) is 19.1 Å². The highest BCUT2D eigenvalue weighted by Crippen LogP contribution is 2.59. The van der Waals surface area contributed by atoms with Crippen molar-refractivity contribution in [2.24, 2.45) is 0 Å². The molecule has 2 aliphatic heterocycles. The topological polar surface area (TPSA) is 158 Å². The number of methoxy groups -OCH3 is 2. The molecule has 0 saturated carbocycles. The fourth-order valence-corrected chi connectivity index (χ4v) is 5.47. The third-order valence-corrected chi connectivity index (χ3v) is 7.17. The minimum atomic E-state index is -5.29. The van der Waals surface area contributed by atoms with E-state index in [1.54, 1.807) is 0 Å². The molecule has 2 aromatic rings. The van der Waals surface area contributed by atoms with E-state index in [0.717, 1.165) is 38.5 Å². The first-order chi connectivity index (χ1) is 16.9. The number of nitro groups is 1. The fraction of sp³-hybridized carbons (Fsp3) is 0.429. The van der Waals surface area contributed by atoms with Crippen molar-refractivity contribution < 1.29 is 55.1 Å². The molecule has 4 rings (SSSR count). The summed E-state index contributed by atoms with van der Waals surface area (Å²) in [5.41, 5.74) is -9.78. The molecule has 2 heterocycles. The Bertz CT molecular complexity index is 1380. The third-order valence-electron chi connectivity index (χ3n) is 6.35. The number of alkyl halides is 3. The molecular weight excluding hydrogens is 529 g/mol. The lowest BCUT2D eigenvalue weighted by Gasteiger charge is -2.58. The van der Waals surface area contributed by atoms with Crippen molar-refractivity contribution in [3.63, 3.8) is 0 Å². The summed E-state index contributed by atoms with van der Waals surface area (Å²) in [6.45, 7) is 2.61. The number of ether oxygens (including phenoxy) is 4. The molecule has 0 bridgehead atoms. The van der Waals surface area contributed by atoms with Crippen LogP contribution in [0.5, 0.6) is 11.5 Å². The number of hydrogen-bond acceptors (Lipinski definition) is 10. The van der Waals surface area contributed by atoms with E-state index in [0.29, 0.717) is 17.0 Å². The first-order valence-electron chi connectivity index (χ1n) is 10.4. The summed E-state index contributed by atoms with van der Waals surface area (Å²) in [6.07, 6.45) is -4.89. The molecule has 3 atom stereocenters. The lowest BCUT2D eigenvalue weighted by Crippen LogP contribution is -2.77. The third kappa shape index (κ3) is 3.70. The van der Waals surface area contributed by atoms with Crippen LogP contribution in [0, 0.1) is 10.1 Å². The van der Waals surface area contributed by atoms with Crippen LogP contribution in [-0.4, -0.2) is 54.2 Å². The van der Waals surface area contributed by atoms with Crippen LogP contribution in [0.2, 0.25) is 0 Å². The van der Waals surface area contributed by atoms with Gasteiger partial charge in [0.2, 0.25) is 5.72 Å². The van der Waals surface area contributed by atoms with E-state index in [4.69, 9.17) is 18.9 Å². The molecule has 0 amide bonds. The van der Waals surface area contributed by atoms with Gasteiger partial charge in [0.25, 0.3) is 11.5 Å².